The summed E-state index contributed by atoms with van der Waals surface area (Å²) in [6.45, 7) is 0. The first-order valence-electron chi connectivity index (χ1n) is 5.36. The lowest BCUT2D eigenvalue weighted by Gasteiger charge is -2.15. The van der Waals surface area contributed by atoms with Crippen LogP contribution in [0.15, 0.2) is 22.7 Å². The molecule has 0 radical (unpaired) electrons. The number of rotatable bonds is 2. The van der Waals surface area contributed by atoms with Gasteiger partial charge in [-0.3, -0.25) is 0 Å². The SMILES string of the molecule is NC1CCCC1Cc1ccc(F)c(Br)c1. The Balaban J connectivity index is 2.07. The van der Waals surface area contributed by atoms with E-state index in [1.807, 2.05) is 12.1 Å². The molecule has 2 unspecified atom stereocenters. The van der Waals surface area contributed by atoms with Gasteiger partial charge in [0.05, 0.1) is 4.47 Å². The number of benzene rings is 1. The van der Waals surface area contributed by atoms with Crippen LogP contribution in [0.3, 0.4) is 0 Å². The first-order chi connectivity index (χ1) is 7.16. The van der Waals surface area contributed by atoms with Crippen molar-refractivity contribution in [1.82, 2.24) is 0 Å². The molecule has 0 spiro atoms. The molecule has 15 heavy (non-hydrogen) atoms. The highest BCUT2D eigenvalue weighted by atomic mass is 79.9. The third-order valence-electron chi connectivity index (χ3n) is 3.20. The lowest BCUT2D eigenvalue weighted by Crippen LogP contribution is -2.25. The normalized spacial score (nSPS) is 25.8. The zero-order chi connectivity index (χ0) is 10.8. The van der Waals surface area contributed by atoms with Crippen LogP contribution in [-0.2, 0) is 6.42 Å². The maximum atomic E-state index is 13.0. The van der Waals surface area contributed by atoms with Gasteiger partial charge in [-0.25, -0.2) is 4.39 Å². The predicted octanol–water partition coefficient (Wildman–Crippen LogP) is 3.26. The van der Waals surface area contributed by atoms with E-state index in [0.29, 0.717) is 16.4 Å². The maximum Gasteiger partial charge on any atom is 0.137 e. The second kappa shape index (κ2) is 4.62. The van der Waals surface area contributed by atoms with E-state index < -0.39 is 0 Å². The Morgan fingerprint density at radius 2 is 2.20 bits per heavy atom. The minimum absolute atomic E-state index is 0.200. The Labute approximate surface area is 98.0 Å². The average molecular weight is 272 g/mol. The Hall–Kier alpha value is -0.410. The third kappa shape index (κ3) is 2.58. The Morgan fingerprint density at radius 1 is 1.40 bits per heavy atom. The van der Waals surface area contributed by atoms with Crippen LogP contribution in [0.4, 0.5) is 4.39 Å². The Morgan fingerprint density at radius 3 is 2.80 bits per heavy atom. The van der Waals surface area contributed by atoms with Crippen molar-refractivity contribution < 1.29 is 4.39 Å². The lowest BCUT2D eigenvalue weighted by atomic mass is 9.95. The van der Waals surface area contributed by atoms with E-state index in [1.165, 1.54) is 24.5 Å². The highest BCUT2D eigenvalue weighted by Gasteiger charge is 2.23. The molecule has 2 N–H and O–H groups in total. The Bertz CT molecular complexity index is 353. The van der Waals surface area contributed by atoms with E-state index in [-0.39, 0.29) is 5.82 Å². The van der Waals surface area contributed by atoms with Crippen LogP contribution in [0.25, 0.3) is 0 Å². The molecule has 0 heterocycles. The van der Waals surface area contributed by atoms with Crippen LogP contribution in [0, 0.1) is 11.7 Å². The fourth-order valence-electron chi connectivity index (χ4n) is 2.29. The molecule has 0 aliphatic heterocycles. The molecule has 1 saturated carbocycles. The molecule has 1 aromatic rings. The Kier molecular flexibility index (Phi) is 3.42. The number of hydrogen-bond donors (Lipinski definition) is 1. The molecule has 82 valence electrons. The van der Waals surface area contributed by atoms with E-state index in [0.717, 1.165) is 12.8 Å². The van der Waals surface area contributed by atoms with Gasteiger partial charge in [-0.05, 0) is 58.8 Å². The summed E-state index contributed by atoms with van der Waals surface area (Å²) >= 11 is 3.20. The zero-order valence-electron chi connectivity index (χ0n) is 8.55. The van der Waals surface area contributed by atoms with Crippen molar-refractivity contribution in [2.45, 2.75) is 31.7 Å². The number of halogens is 2. The summed E-state index contributed by atoms with van der Waals surface area (Å²) in [5.41, 5.74) is 7.18. The summed E-state index contributed by atoms with van der Waals surface area (Å²) in [5, 5.41) is 0. The van der Waals surface area contributed by atoms with Gasteiger partial charge in [0.1, 0.15) is 5.82 Å². The molecule has 0 aromatic heterocycles. The second-order valence-corrected chi connectivity index (χ2v) is 5.16. The van der Waals surface area contributed by atoms with Crippen LogP contribution in [0.5, 0.6) is 0 Å². The van der Waals surface area contributed by atoms with Crippen molar-refractivity contribution in [2.24, 2.45) is 11.7 Å². The molecule has 0 bridgehead atoms. The summed E-state index contributed by atoms with van der Waals surface area (Å²) in [6.07, 6.45) is 4.54. The first-order valence-corrected chi connectivity index (χ1v) is 6.15. The second-order valence-electron chi connectivity index (χ2n) is 4.31. The van der Waals surface area contributed by atoms with Gasteiger partial charge in [0.25, 0.3) is 0 Å². The molecule has 0 saturated heterocycles. The fourth-order valence-corrected chi connectivity index (χ4v) is 2.71. The van der Waals surface area contributed by atoms with Crippen molar-refractivity contribution in [3.8, 4) is 0 Å². The molecule has 1 nitrogen and oxygen atoms in total. The molecule has 2 atom stereocenters. The predicted molar refractivity (Wildman–Crippen MR) is 63.1 cm³/mol. The smallest absolute Gasteiger partial charge is 0.137 e. The average Bonchev–Trinajstić information content (AvgIpc) is 2.59. The van der Waals surface area contributed by atoms with Crippen molar-refractivity contribution in [1.29, 1.82) is 0 Å². The molecule has 3 heteroatoms. The third-order valence-corrected chi connectivity index (χ3v) is 3.81. The molecule has 0 amide bonds. The van der Waals surface area contributed by atoms with Crippen molar-refractivity contribution in [2.75, 3.05) is 0 Å². The van der Waals surface area contributed by atoms with Crippen molar-refractivity contribution in [3.63, 3.8) is 0 Å². The molecular weight excluding hydrogens is 257 g/mol. The maximum absolute atomic E-state index is 13.0. The summed E-state index contributed by atoms with van der Waals surface area (Å²) in [5.74, 6) is 0.372. The van der Waals surface area contributed by atoms with Gasteiger partial charge in [-0.1, -0.05) is 12.5 Å². The lowest BCUT2D eigenvalue weighted by molar-refractivity contribution is 0.478. The first kappa shape index (κ1) is 11.1. The highest BCUT2D eigenvalue weighted by molar-refractivity contribution is 9.10. The monoisotopic (exact) mass is 271 g/mol. The molecular formula is C12H15BrFN. The largest absolute Gasteiger partial charge is 0.327 e. The molecule has 1 fully saturated rings. The van der Waals surface area contributed by atoms with E-state index >= 15 is 0 Å². The van der Waals surface area contributed by atoms with Crippen LogP contribution >= 0.6 is 15.9 Å². The number of nitrogens with two attached hydrogens (primary N) is 1. The minimum atomic E-state index is -0.200. The van der Waals surface area contributed by atoms with Gasteiger partial charge in [0.15, 0.2) is 0 Å². The van der Waals surface area contributed by atoms with E-state index in [9.17, 15) is 4.39 Å². The van der Waals surface area contributed by atoms with Crippen LogP contribution in [0.1, 0.15) is 24.8 Å². The minimum Gasteiger partial charge on any atom is -0.327 e. The van der Waals surface area contributed by atoms with E-state index in [1.54, 1.807) is 0 Å². The molecule has 1 aromatic carbocycles. The molecule has 1 aliphatic rings. The summed E-state index contributed by atoms with van der Waals surface area (Å²) in [7, 11) is 0. The highest BCUT2D eigenvalue weighted by Crippen LogP contribution is 2.28. The van der Waals surface area contributed by atoms with Gasteiger partial charge in [-0.15, -0.1) is 0 Å². The van der Waals surface area contributed by atoms with Gasteiger partial charge < -0.3 is 5.73 Å². The quantitative estimate of drug-likeness (QED) is 0.878. The topological polar surface area (TPSA) is 26.0 Å². The van der Waals surface area contributed by atoms with Gasteiger partial charge in [0, 0.05) is 6.04 Å². The number of hydrogen-bond acceptors (Lipinski definition) is 1. The summed E-state index contributed by atoms with van der Waals surface area (Å²) in [6, 6.07) is 5.56. The summed E-state index contributed by atoms with van der Waals surface area (Å²) < 4.78 is 13.6. The van der Waals surface area contributed by atoms with Crippen LogP contribution in [0.2, 0.25) is 0 Å². The standard InChI is InChI=1S/C12H15BrFN/c13-10-7-8(4-5-11(10)14)6-9-2-1-3-12(9)15/h4-5,7,9,12H,1-3,6,15H2. The van der Waals surface area contributed by atoms with Gasteiger partial charge >= 0.3 is 0 Å². The fraction of sp³-hybridized carbons (Fsp3) is 0.500. The van der Waals surface area contributed by atoms with Crippen LogP contribution < -0.4 is 5.73 Å². The van der Waals surface area contributed by atoms with Gasteiger partial charge in [-0.2, -0.15) is 0 Å². The van der Waals surface area contributed by atoms with E-state index in [2.05, 4.69) is 15.9 Å². The summed E-state index contributed by atoms with van der Waals surface area (Å²) in [4.78, 5) is 0. The van der Waals surface area contributed by atoms with Crippen LogP contribution in [-0.4, -0.2) is 6.04 Å². The van der Waals surface area contributed by atoms with Gasteiger partial charge in [0.2, 0.25) is 0 Å². The molecule has 2 rings (SSSR count). The van der Waals surface area contributed by atoms with Crippen molar-refractivity contribution in [3.05, 3.63) is 34.1 Å². The molecule has 1 aliphatic carbocycles. The van der Waals surface area contributed by atoms with Crippen molar-refractivity contribution >= 4 is 15.9 Å². The van der Waals surface area contributed by atoms with E-state index in [4.69, 9.17) is 5.73 Å². The zero-order valence-corrected chi connectivity index (χ0v) is 10.1.